The lowest BCUT2D eigenvalue weighted by molar-refractivity contribution is 0.110. The first-order valence-corrected chi connectivity index (χ1v) is 6.39. The van der Waals surface area contributed by atoms with Gasteiger partial charge in [-0.1, -0.05) is 43.3 Å². The van der Waals surface area contributed by atoms with Crippen molar-refractivity contribution in [1.82, 2.24) is 5.32 Å². The molecule has 0 spiro atoms. The lowest BCUT2D eigenvalue weighted by Gasteiger charge is -2.29. The van der Waals surface area contributed by atoms with Crippen molar-refractivity contribution in [3.63, 3.8) is 0 Å². The first kappa shape index (κ1) is 12.3. The van der Waals surface area contributed by atoms with Gasteiger partial charge < -0.3 is 10.1 Å². The molecule has 1 atom stereocenters. The second kappa shape index (κ2) is 5.48. The van der Waals surface area contributed by atoms with Gasteiger partial charge >= 0.3 is 0 Å². The highest BCUT2D eigenvalue weighted by Gasteiger charge is 2.34. The normalized spacial score (nSPS) is 21.8. The van der Waals surface area contributed by atoms with Crippen LogP contribution in [0.3, 0.4) is 0 Å². The van der Waals surface area contributed by atoms with E-state index in [2.05, 4.69) is 48.7 Å². The van der Waals surface area contributed by atoms with Crippen LogP contribution in [0.4, 0.5) is 0 Å². The average molecular weight is 231 g/mol. The molecule has 1 aromatic carbocycles. The van der Waals surface area contributed by atoms with Gasteiger partial charge in [0.15, 0.2) is 0 Å². The highest BCUT2D eigenvalue weighted by molar-refractivity contribution is 5.65. The largest absolute Gasteiger partial charge is 0.380 e. The lowest BCUT2D eigenvalue weighted by atomic mass is 9.83. The third kappa shape index (κ3) is 2.43. The molecule has 0 aliphatic heterocycles. The summed E-state index contributed by atoms with van der Waals surface area (Å²) >= 11 is 0. The molecule has 2 nitrogen and oxygen atoms in total. The van der Waals surface area contributed by atoms with E-state index >= 15 is 0 Å². The second-order valence-corrected chi connectivity index (χ2v) is 4.49. The Morgan fingerprint density at radius 2 is 2.06 bits per heavy atom. The zero-order valence-electron chi connectivity index (χ0n) is 10.7. The summed E-state index contributed by atoms with van der Waals surface area (Å²) in [4.78, 5) is 0. The van der Waals surface area contributed by atoms with Crippen LogP contribution in [0.2, 0.25) is 0 Å². The molecule has 92 valence electrons. The van der Waals surface area contributed by atoms with Gasteiger partial charge in [-0.2, -0.15) is 0 Å². The van der Waals surface area contributed by atoms with Crippen LogP contribution in [0.15, 0.2) is 30.3 Å². The fourth-order valence-electron chi connectivity index (χ4n) is 2.40. The van der Waals surface area contributed by atoms with Crippen molar-refractivity contribution >= 4 is 6.08 Å². The molecule has 0 fully saturated rings. The number of rotatable bonds is 6. The van der Waals surface area contributed by atoms with Gasteiger partial charge in [0.05, 0.1) is 6.61 Å². The monoisotopic (exact) mass is 231 g/mol. The van der Waals surface area contributed by atoms with Gasteiger partial charge in [-0.05, 0) is 24.6 Å². The van der Waals surface area contributed by atoms with Crippen LogP contribution in [0.5, 0.6) is 0 Å². The molecular formula is C15H21NO. The lowest BCUT2D eigenvalue weighted by Crippen LogP contribution is -2.39. The zero-order chi connectivity index (χ0) is 12.1. The third-order valence-corrected chi connectivity index (χ3v) is 3.33. The topological polar surface area (TPSA) is 21.3 Å². The molecule has 0 radical (unpaired) electrons. The molecule has 1 aliphatic rings. The summed E-state index contributed by atoms with van der Waals surface area (Å²) in [5, 5.41) is 3.45. The fourth-order valence-corrected chi connectivity index (χ4v) is 2.40. The number of ether oxygens (including phenoxy) is 1. The van der Waals surface area contributed by atoms with Gasteiger partial charge in [-0.15, -0.1) is 0 Å². The molecule has 0 bridgehead atoms. The number of nitrogens with one attached hydrogen (secondary N) is 1. The van der Waals surface area contributed by atoms with Gasteiger partial charge in [-0.3, -0.25) is 0 Å². The van der Waals surface area contributed by atoms with E-state index in [9.17, 15) is 0 Å². The molecule has 0 saturated carbocycles. The predicted molar refractivity (Wildman–Crippen MR) is 72.2 cm³/mol. The molecule has 0 saturated heterocycles. The minimum Gasteiger partial charge on any atom is -0.380 e. The Labute approximate surface area is 104 Å². The Balaban J connectivity index is 2.26. The highest BCUT2D eigenvalue weighted by Crippen LogP contribution is 2.35. The Morgan fingerprint density at radius 3 is 2.82 bits per heavy atom. The summed E-state index contributed by atoms with van der Waals surface area (Å²) in [6, 6.07) is 8.59. The predicted octanol–water partition coefficient (Wildman–Crippen LogP) is 2.60. The maximum absolute atomic E-state index is 5.68. The van der Waals surface area contributed by atoms with E-state index in [1.54, 1.807) is 0 Å². The average Bonchev–Trinajstić information content (AvgIpc) is 2.74. The smallest absolute Gasteiger partial charge is 0.0610 e. The minimum absolute atomic E-state index is 0.0165. The molecule has 2 heteroatoms. The molecule has 1 aromatic rings. The van der Waals surface area contributed by atoms with Crippen LogP contribution in [-0.2, 0) is 10.2 Å². The van der Waals surface area contributed by atoms with Gasteiger partial charge in [0.2, 0.25) is 0 Å². The molecule has 1 N–H and O–H groups in total. The maximum Gasteiger partial charge on any atom is 0.0610 e. The number of likely N-dealkylation sites (N-methyl/N-ethyl adjacent to an activating group) is 1. The molecule has 0 amide bonds. The summed E-state index contributed by atoms with van der Waals surface area (Å²) < 4.78 is 5.68. The van der Waals surface area contributed by atoms with Crippen LogP contribution in [-0.4, -0.2) is 26.3 Å². The van der Waals surface area contributed by atoms with Gasteiger partial charge in [0, 0.05) is 18.6 Å². The molecule has 0 aromatic heterocycles. The van der Waals surface area contributed by atoms with Crippen molar-refractivity contribution in [2.75, 3.05) is 26.3 Å². The maximum atomic E-state index is 5.68. The molecular weight excluding hydrogens is 210 g/mol. The minimum atomic E-state index is 0.0165. The van der Waals surface area contributed by atoms with E-state index in [1.807, 2.05) is 6.92 Å². The van der Waals surface area contributed by atoms with E-state index < -0.39 is 0 Å². The van der Waals surface area contributed by atoms with E-state index in [4.69, 9.17) is 4.74 Å². The Hall–Kier alpha value is -1.12. The van der Waals surface area contributed by atoms with Crippen LogP contribution in [0.1, 0.15) is 25.0 Å². The standard InChI is InChI=1S/C15H21NO/c1-3-16-11-15(12-17-4-2)10-9-13-7-5-6-8-14(13)15/h5-10,16H,3-4,11-12H2,1-2H3. The number of fused-ring (bicyclic) bond motifs is 1. The van der Waals surface area contributed by atoms with Crippen LogP contribution >= 0.6 is 0 Å². The van der Waals surface area contributed by atoms with Gasteiger partial charge in [0.1, 0.15) is 0 Å². The van der Waals surface area contributed by atoms with E-state index in [0.717, 1.165) is 26.3 Å². The SMILES string of the molecule is CCNCC1(COCC)C=Cc2ccccc21. The van der Waals surface area contributed by atoms with E-state index in [0.29, 0.717) is 0 Å². The number of hydrogen-bond acceptors (Lipinski definition) is 2. The van der Waals surface area contributed by atoms with Crippen LogP contribution in [0.25, 0.3) is 6.08 Å². The first-order chi connectivity index (χ1) is 8.32. The van der Waals surface area contributed by atoms with Crippen LogP contribution in [0, 0.1) is 0 Å². The molecule has 17 heavy (non-hydrogen) atoms. The molecule has 2 rings (SSSR count). The van der Waals surface area contributed by atoms with Crippen molar-refractivity contribution in [3.8, 4) is 0 Å². The molecule has 0 heterocycles. The van der Waals surface area contributed by atoms with Gasteiger partial charge in [-0.25, -0.2) is 0 Å². The van der Waals surface area contributed by atoms with E-state index in [1.165, 1.54) is 11.1 Å². The number of hydrogen-bond donors (Lipinski definition) is 1. The summed E-state index contributed by atoms with van der Waals surface area (Å²) in [5.41, 5.74) is 2.72. The summed E-state index contributed by atoms with van der Waals surface area (Å²) in [5.74, 6) is 0. The Morgan fingerprint density at radius 1 is 1.24 bits per heavy atom. The first-order valence-electron chi connectivity index (χ1n) is 6.39. The van der Waals surface area contributed by atoms with Crippen LogP contribution < -0.4 is 5.32 Å². The molecule has 1 aliphatic carbocycles. The Bertz CT molecular complexity index is 390. The highest BCUT2D eigenvalue weighted by atomic mass is 16.5. The summed E-state index contributed by atoms with van der Waals surface area (Å²) in [6.45, 7) is 7.64. The van der Waals surface area contributed by atoms with E-state index in [-0.39, 0.29) is 5.41 Å². The van der Waals surface area contributed by atoms with Gasteiger partial charge in [0.25, 0.3) is 0 Å². The fraction of sp³-hybridized carbons (Fsp3) is 0.467. The van der Waals surface area contributed by atoms with Crippen molar-refractivity contribution in [2.24, 2.45) is 0 Å². The zero-order valence-corrected chi connectivity index (χ0v) is 10.7. The van der Waals surface area contributed by atoms with Crippen molar-refractivity contribution in [3.05, 3.63) is 41.5 Å². The van der Waals surface area contributed by atoms with Crippen molar-refractivity contribution in [2.45, 2.75) is 19.3 Å². The van der Waals surface area contributed by atoms with Crippen molar-refractivity contribution < 1.29 is 4.74 Å². The molecule has 1 unspecified atom stereocenters. The number of benzene rings is 1. The van der Waals surface area contributed by atoms with Crippen molar-refractivity contribution in [1.29, 1.82) is 0 Å². The second-order valence-electron chi connectivity index (χ2n) is 4.49. The third-order valence-electron chi connectivity index (χ3n) is 3.33. The summed E-state index contributed by atoms with van der Waals surface area (Å²) in [7, 11) is 0. The quantitative estimate of drug-likeness (QED) is 0.812. The summed E-state index contributed by atoms with van der Waals surface area (Å²) in [6.07, 6.45) is 4.50. The Kier molecular flexibility index (Phi) is 3.97.